The molecule has 8 heteroatoms. The molecule has 0 bridgehead atoms. The highest BCUT2D eigenvalue weighted by Crippen LogP contribution is 2.28. The van der Waals surface area contributed by atoms with Crippen molar-refractivity contribution in [2.45, 2.75) is 6.92 Å². The number of benzene rings is 1. The minimum absolute atomic E-state index is 0.102. The molecule has 98 valence electrons. The molecular weight excluding hydrogens is 254 g/mol. The first-order valence-corrected chi connectivity index (χ1v) is 5.38. The van der Waals surface area contributed by atoms with Crippen LogP contribution in [0.2, 0.25) is 0 Å². The largest absolute Gasteiger partial charge is 0.459 e. The van der Waals surface area contributed by atoms with Crippen molar-refractivity contribution in [1.82, 2.24) is 10.2 Å². The molecule has 0 fully saturated rings. The Labute approximate surface area is 107 Å². The molecular formula is C11H9N3O5. The van der Waals surface area contributed by atoms with Gasteiger partial charge in [-0.25, -0.2) is 4.79 Å². The first-order valence-electron chi connectivity index (χ1n) is 5.38. The van der Waals surface area contributed by atoms with Crippen LogP contribution in [0.5, 0.6) is 0 Å². The van der Waals surface area contributed by atoms with Crippen LogP contribution in [-0.4, -0.2) is 27.7 Å². The van der Waals surface area contributed by atoms with Crippen molar-refractivity contribution in [3.63, 3.8) is 0 Å². The third kappa shape index (κ3) is 2.57. The highest BCUT2D eigenvalue weighted by atomic mass is 16.6. The lowest BCUT2D eigenvalue weighted by molar-refractivity contribution is -0.384. The first kappa shape index (κ1) is 12.7. The molecule has 0 atom stereocenters. The highest BCUT2D eigenvalue weighted by molar-refractivity contribution is 5.84. The predicted molar refractivity (Wildman–Crippen MR) is 62.3 cm³/mol. The lowest BCUT2D eigenvalue weighted by atomic mass is 10.2. The average Bonchev–Trinajstić information content (AvgIpc) is 2.88. The summed E-state index contributed by atoms with van der Waals surface area (Å²) in [7, 11) is 0. The quantitative estimate of drug-likeness (QED) is 0.470. The number of nitro benzene ring substituents is 1. The Morgan fingerprint density at radius 3 is 2.84 bits per heavy atom. The van der Waals surface area contributed by atoms with E-state index in [-0.39, 0.29) is 29.6 Å². The number of hydrogen-bond donors (Lipinski definition) is 0. The lowest BCUT2D eigenvalue weighted by Crippen LogP contribution is -2.04. The van der Waals surface area contributed by atoms with Crippen molar-refractivity contribution in [2.75, 3.05) is 6.61 Å². The van der Waals surface area contributed by atoms with E-state index in [4.69, 9.17) is 4.42 Å². The number of carbonyl (C=O) groups excluding carboxylic acids is 1. The molecule has 2 rings (SSSR count). The minimum Gasteiger partial charge on any atom is -0.459 e. The summed E-state index contributed by atoms with van der Waals surface area (Å²) in [6.07, 6.45) is 0. The fourth-order valence-corrected chi connectivity index (χ4v) is 1.42. The zero-order valence-electron chi connectivity index (χ0n) is 9.90. The van der Waals surface area contributed by atoms with Crippen LogP contribution >= 0.6 is 0 Å². The van der Waals surface area contributed by atoms with Crippen LogP contribution in [0.4, 0.5) is 5.69 Å². The van der Waals surface area contributed by atoms with E-state index < -0.39 is 10.9 Å². The van der Waals surface area contributed by atoms with Crippen LogP contribution < -0.4 is 0 Å². The molecule has 0 aliphatic heterocycles. The Balaban J connectivity index is 2.38. The monoisotopic (exact) mass is 263 g/mol. The van der Waals surface area contributed by atoms with E-state index in [0.717, 1.165) is 0 Å². The molecule has 0 aliphatic carbocycles. The minimum atomic E-state index is -0.764. The van der Waals surface area contributed by atoms with Gasteiger partial charge in [0.1, 0.15) is 5.56 Å². The van der Waals surface area contributed by atoms with E-state index in [1.54, 1.807) is 13.0 Å². The van der Waals surface area contributed by atoms with Crippen molar-refractivity contribution in [1.29, 1.82) is 0 Å². The summed E-state index contributed by atoms with van der Waals surface area (Å²) in [4.78, 5) is 21.7. The summed E-state index contributed by atoms with van der Waals surface area (Å²) >= 11 is 0. The molecule has 8 nitrogen and oxygen atoms in total. The first-order chi connectivity index (χ1) is 9.13. The molecule has 0 saturated carbocycles. The van der Waals surface area contributed by atoms with Gasteiger partial charge >= 0.3 is 11.9 Å². The van der Waals surface area contributed by atoms with Crippen molar-refractivity contribution in [2.24, 2.45) is 0 Å². The Kier molecular flexibility index (Phi) is 3.51. The summed E-state index contributed by atoms with van der Waals surface area (Å²) in [5.74, 6) is -1.20. The van der Waals surface area contributed by atoms with Gasteiger partial charge in [0, 0.05) is 6.07 Å². The Morgan fingerprint density at radius 1 is 1.42 bits per heavy atom. The second kappa shape index (κ2) is 5.25. The van der Waals surface area contributed by atoms with Crippen LogP contribution in [0.3, 0.4) is 0 Å². The molecule has 1 aromatic heterocycles. The van der Waals surface area contributed by atoms with Crippen molar-refractivity contribution in [3.8, 4) is 11.5 Å². The molecule has 19 heavy (non-hydrogen) atoms. The predicted octanol–water partition coefficient (Wildman–Crippen LogP) is 1.82. The van der Waals surface area contributed by atoms with Crippen molar-refractivity contribution < 1.29 is 18.9 Å². The molecule has 0 saturated heterocycles. The molecule has 0 radical (unpaired) electrons. The van der Waals surface area contributed by atoms with Crippen LogP contribution in [-0.2, 0) is 4.74 Å². The van der Waals surface area contributed by atoms with Gasteiger partial charge in [0.25, 0.3) is 11.6 Å². The summed E-state index contributed by atoms with van der Waals surface area (Å²) < 4.78 is 9.76. The second-order valence-electron chi connectivity index (χ2n) is 3.41. The number of ether oxygens (including phenoxy) is 1. The second-order valence-corrected chi connectivity index (χ2v) is 3.41. The maximum atomic E-state index is 11.4. The number of para-hydroxylation sites is 1. The van der Waals surface area contributed by atoms with Crippen LogP contribution in [0, 0.1) is 10.1 Å². The Hall–Kier alpha value is -2.77. The number of carbonyl (C=O) groups is 1. The average molecular weight is 263 g/mol. The van der Waals surface area contributed by atoms with Gasteiger partial charge in [-0.3, -0.25) is 10.1 Å². The van der Waals surface area contributed by atoms with E-state index in [1.165, 1.54) is 18.2 Å². The van der Waals surface area contributed by atoms with Crippen LogP contribution in [0.1, 0.15) is 17.6 Å². The maximum absolute atomic E-state index is 11.4. The van der Waals surface area contributed by atoms with Gasteiger partial charge in [-0.05, 0) is 13.0 Å². The van der Waals surface area contributed by atoms with Crippen molar-refractivity contribution in [3.05, 3.63) is 40.3 Å². The van der Waals surface area contributed by atoms with E-state index in [2.05, 4.69) is 14.9 Å². The van der Waals surface area contributed by atoms with Gasteiger partial charge in [0.2, 0.25) is 0 Å². The Morgan fingerprint density at radius 2 is 2.16 bits per heavy atom. The summed E-state index contributed by atoms with van der Waals surface area (Å²) in [5.41, 5.74) is -0.0305. The number of nitrogens with zero attached hydrogens (tertiary/aromatic N) is 3. The van der Waals surface area contributed by atoms with E-state index in [9.17, 15) is 14.9 Å². The molecule has 0 N–H and O–H groups in total. The SMILES string of the molecule is CCOC(=O)c1nnc(-c2ccccc2[N+](=O)[O-])o1. The fraction of sp³-hybridized carbons (Fsp3) is 0.182. The van der Waals surface area contributed by atoms with Crippen LogP contribution in [0.25, 0.3) is 11.5 Å². The maximum Gasteiger partial charge on any atom is 0.396 e. The normalized spacial score (nSPS) is 10.2. The van der Waals surface area contributed by atoms with Crippen LogP contribution in [0.15, 0.2) is 28.7 Å². The zero-order chi connectivity index (χ0) is 13.8. The summed E-state index contributed by atoms with van der Waals surface area (Å²) in [6.45, 7) is 1.80. The highest BCUT2D eigenvalue weighted by Gasteiger charge is 2.22. The molecule has 0 amide bonds. The Bertz CT molecular complexity index is 622. The van der Waals surface area contributed by atoms with E-state index in [1.807, 2.05) is 0 Å². The van der Waals surface area contributed by atoms with Crippen molar-refractivity contribution >= 4 is 11.7 Å². The fourth-order valence-electron chi connectivity index (χ4n) is 1.42. The summed E-state index contributed by atoms with van der Waals surface area (Å²) in [5, 5.41) is 18.0. The van der Waals surface area contributed by atoms with E-state index >= 15 is 0 Å². The third-order valence-electron chi connectivity index (χ3n) is 2.21. The number of nitro groups is 1. The number of esters is 1. The van der Waals surface area contributed by atoms with Gasteiger partial charge in [-0.15, -0.1) is 10.2 Å². The molecule has 1 heterocycles. The zero-order valence-corrected chi connectivity index (χ0v) is 9.90. The lowest BCUT2D eigenvalue weighted by Gasteiger charge is -1.97. The standard InChI is InChI=1S/C11H9N3O5/c1-2-18-11(15)10-13-12-9(19-10)7-5-3-4-6-8(7)14(16)17/h3-6H,2H2,1H3. The topological polar surface area (TPSA) is 108 Å². The molecule has 0 aliphatic rings. The molecule has 1 aromatic carbocycles. The van der Waals surface area contributed by atoms with E-state index in [0.29, 0.717) is 0 Å². The van der Waals surface area contributed by atoms with Gasteiger partial charge < -0.3 is 9.15 Å². The number of hydrogen-bond acceptors (Lipinski definition) is 7. The van der Waals surface area contributed by atoms with Gasteiger partial charge in [-0.1, -0.05) is 12.1 Å². The van der Waals surface area contributed by atoms with Gasteiger partial charge in [0.05, 0.1) is 11.5 Å². The molecule has 0 unspecified atom stereocenters. The summed E-state index contributed by atoms with van der Waals surface area (Å²) in [6, 6.07) is 5.88. The molecule has 2 aromatic rings. The molecule has 0 spiro atoms. The van der Waals surface area contributed by atoms with Gasteiger partial charge in [-0.2, -0.15) is 0 Å². The smallest absolute Gasteiger partial charge is 0.396 e. The van der Waals surface area contributed by atoms with Gasteiger partial charge in [0.15, 0.2) is 0 Å². The third-order valence-corrected chi connectivity index (χ3v) is 2.21. The number of aromatic nitrogens is 2. The number of rotatable bonds is 4.